The Balaban J connectivity index is 1.63. The van der Waals surface area contributed by atoms with E-state index < -0.39 is 0 Å². The van der Waals surface area contributed by atoms with Gasteiger partial charge in [0.25, 0.3) is 0 Å². The Labute approximate surface area is 132 Å². The van der Waals surface area contributed by atoms with Gasteiger partial charge in [0.1, 0.15) is 0 Å². The number of hydrazone groups is 1. The molecule has 2 aromatic carbocycles. The predicted octanol–water partition coefficient (Wildman–Crippen LogP) is 3.51. The van der Waals surface area contributed by atoms with Crippen LogP contribution in [0.25, 0.3) is 10.9 Å². The van der Waals surface area contributed by atoms with E-state index in [4.69, 9.17) is 11.6 Å². The molecule has 4 nitrogen and oxygen atoms in total. The van der Waals surface area contributed by atoms with Crippen molar-refractivity contribution in [3.63, 3.8) is 0 Å². The van der Waals surface area contributed by atoms with Crippen LogP contribution in [0.1, 0.15) is 11.1 Å². The number of amides is 1. The fourth-order valence-corrected chi connectivity index (χ4v) is 2.45. The zero-order chi connectivity index (χ0) is 15.4. The molecule has 1 aromatic heterocycles. The van der Waals surface area contributed by atoms with E-state index in [1.807, 2.05) is 42.6 Å². The van der Waals surface area contributed by atoms with Crippen molar-refractivity contribution in [2.24, 2.45) is 5.10 Å². The molecule has 1 heterocycles. The van der Waals surface area contributed by atoms with Gasteiger partial charge in [0, 0.05) is 22.1 Å². The van der Waals surface area contributed by atoms with Gasteiger partial charge >= 0.3 is 0 Å². The first kappa shape index (κ1) is 14.4. The normalized spacial score (nSPS) is 11.1. The summed E-state index contributed by atoms with van der Waals surface area (Å²) in [5.41, 5.74) is 5.33. The molecule has 0 fully saturated rings. The number of nitrogens with zero attached hydrogens (tertiary/aromatic N) is 1. The topological polar surface area (TPSA) is 57.2 Å². The molecule has 0 atom stereocenters. The fourth-order valence-electron chi connectivity index (χ4n) is 2.26. The molecule has 0 saturated heterocycles. The average Bonchev–Trinajstić information content (AvgIpc) is 2.91. The third-order valence-electron chi connectivity index (χ3n) is 3.28. The van der Waals surface area contributed by atoms with Crippen LogP contribution >= 0.6 is 11.6 Å². The lowest BCUT2D eigenvalue weighted by molar-refractivity contribution is -0.120. The van der Waals surface area contributed by atoms with Gasteiger partial charge < -0.3 is 4.98 Å². The second-order valence-corrected chi connectivity index (χ2v) is 5.32. The number of para-hydroxylation sites is 1. The molecule has 0 spiro atoms. The standard InChI is InChI=1S/C17H14ClN3O/c18-14-5-3-4-12(8-14)10-20-21-17(22)9-13-11-19-16-7-2-1-6-15(13)16/h1-8,10-11,19H,9H2,(H,21,22). The van der Waals surface area contributed by atoms with Crippen molar-refractivity contribution in [2.75, 3.05) is 0 Å². The Morgan fingerprint density at radius 2 is 2.09 bits per heavy atom. The molecule has 0 aliphatic rings. The van der Waals surface area contributed by atoms with Crippen LogP contribution in [0.4, 0.5) is 0 Å². The Kier molecular flexibility index (Phi) is 4.21. The smallest absolute Gasteiger partial charge is 0.244 e. The number of halogens is 1. The second kappa shape index (κ2) is 6.45. The molecule has 0 unspecified atom stereocenters. The van der Waals surface area contributed by atoms with Crippen molar-refractivity contribution >= 4 is 34.6 Å². The highest BCUT2D eigenvalue weighted by atomic mass is 35.5. The third kappa shape index (κ3) is 3.35. The van der Waals surface area contributed by atoms with Gasteiger partial charge in [-0.05, 0) is 29.3 Å². The van der Waals surface area contributed by atoms with E-state index in [1.54, 1.807) is 18.3 Å². The van der Waals surface area contributed by atoms with Crippen LogP contribution in [0.15, 0.2) is 59.8 Å². The molecule has 0 aliphatic heterocycles. The fraction of sp³-hybridized carbons (Fsp3) is 0.0588. The highest BCUT2D eigenvalue weighted by molar-refractivity contribution is 6.30. The molecule has 22 heavy (non-hydrogen) atoms. The first-order valence-corrected chi connectivity index (χ1v) is 7.22. The minimum Gasteiger partial charge on any atom is -0.361 e. The van der Waals surface area contributed by atoms with Crippen molar-refractivity contribution in [1.29, 1.82) is 0 Å². The van der Waals surface area contributed by atoms with Gasteiger partial charge in [-0.2, -0.15) is 5.10 Å². The van der Waals surface area contributed by atoms with E-state index >= 15 is 0 Å². The molecule has 0 aliphatic carbocycles. The summed E-state index contributed by atoms with van der Waals surface area (Å²) in [4.78, 5) is 15.1. The van der Waals surface area contributed by atoms with Crippen LogP contribution in [-0.4, -0.2) is 17.1 Å². The van der Waals surface area contributed by atoms with Gasteiger partial charge in [0.15, 0.2) is 0 Å². The van der Waals surface area contributed by atoms with Gasteiger partial charge in [-0.3, -0.25) is 4.79 Å². The van der Waals surface area contributed by atoms with E-state index in [2.05, 4.69) is 15.5 Å². The summed E-state index contributed by atoms with van der Waals surface area (Å²) >= 11 is 5.88. The van der Waals surface area contributed by atoms with Crippen LogP contribution in [0.2, 0.25) is 5.02 Å². The van der Waals surface area contributed by atoms with Crippen LogP contribution in [-0.2, 0) is 11.2 Å². The molecular weight excluding hydrogens is 298 g/mol. The largest absolute Gasteiger partial charge is 0.361 e. The Morgan fingerprint density at radius 1 is 1.23 bits per heavy atom. The van der Waals surface area contributed by atoms with Gasteiger partial charge in [0.2, 0.25) is 5.91 Å². The van der Waals surface area contributed by atoms with Crippen molar-refractivity contribution in [3.8, 4) is 0 Å². The van der Waals surface area contributed by atoms with Gasteiger partial charge in [0.05, 0.1) is 12.6 Å². The zero-order valence-corrected chi connectivity index (χ0v) is 12.5. The number of carbonyl (C=O) groups is 1. The summed E-state index contributed by atoms with van der Waals surface area (Å²) in [5.74, 6) is -0.164. The number of carbonyl (C=O) groups excluding carboxylic acids is 1. The zero-order valence-electron chi connectivity index (χ0n) is 11.7. The SMILES string of the molecule is O=C(Cc1c[nH]c2ccccc12)NN=Cc1cccc(Cl)c1. The maximum Gasteiger partial charge on any atom is 0.244 e. The summed E-state index contributed by atoms with van der Waals surface area (Å²) in [7, 11) is 0. The van der Waals surface area contributed by atoms with Crippen LogP contribution < -0.4 is 5.43 Å². The number of hydrogen-bond donors (Lipinski definition) is 2. The first-order chi connectivity index (χ1) is 10.7. The minimum absolute atomic E-state index is 0.164. The quantitative estimate of drug-likeness (QED) is 0.562. The van der Waals surface area contributed by atoms with Crippen molar-refractivity contribution < 1.29 is 4.79 Å². The number of aromatic amines is 1. The van der Waals surface area contributed by atoms with Gasteiger partial charge in [-0.25, -0.2) is 5.43 Å². The minimum atomic E-state index is -0.164. The summed E-state index contributed by atoms with van der Waals surface area (Å²) in [5, 5.41) is 5.64. The third-order valence-corrected chi connectivity index (χ3v) is 3.51. The van der Waals surface area contributed by atoms with E-state index in [1.165, 1.54) is 0 Å². The number of rotatable bonds is 4. The summed E-state index contributed by atoms with van der Waals surface area (Å²) in [6.07, 6.45) is 3.70. The number of benzene rings is 2. The molecule has 1 amide bonds. The van der Waals surface area contributed by atoms with E-state index in [0.717, 1.165) is 22.0 Å². The van der Waals surface area contributed by atoms with E-state index in [9.17, 15) is 4.79 Å². The van der Waals surface area contributed by atoms with Crippen molar-refractivity contribution in [3.05, 3.63) is 70.9 Å². The molecule has 0 bridgehead atoms. The summed E-state index contributed by atoms with van der Waals surface area (Å²) in [6.45, 7) is 0. The van der Waals surface area contributed by atoms with Gasteiger partial charge in [-0.15, -0.1) is 0 Å². The number of fused-ring (bicyclic) bond motifs is 1. The number of nitrogens with one attached hydrogen (secondary N) is 2. The average molecular weight is 312 g/mol. The maximum absolute atomic E-state index is 11.9. The predicted molar refractivity (Wildman–Crippen MR) is 89.2 cm³/mol. The Bertz CT molecular complexity index is 839. The molecule has 110 valence electrons. The summed E-state index contributed by atoms with van der Waals surface area (Å²) < 4.78 is 0. The lowest BCUT2D eigenvalue weighted by Crippen LogP contribution is -2.19. The van der Waals surface area contributed by atoms with Crippen LogP contribution in [0.3, 0.4) is 0 Å². The lowest BCUT2D eigenvalue weighted by Gasteiger charge is -1.99. The highest BCUT2D eigenvalue weighted by Gasteiger charge is 2.07. The number of H-pyrrole nitrogens is 1. The highest BCUT2D eigenvalue weighted by Crippen LogP contribution is 2.17. The number of hydrogen-bond acceptors (Lipinski definition) is 2. The van der Waals surface area contributed by atoms with Crippen LogP contribution in [0.5, 0.6) is 0 Å². The molecule has 0 saturated carbocycles. The van der Waals surface area contributed by atoms with E-state index in [-0.39, 0.29) is 12.3 Å². The molecule has 5 heteroatoms. The van der Waals surface area contributed by atoms with E-state index in [0.29, 0.717) is 5.02 Å². The first-order valence-electron chi connectivity index (χ1n) is 6.85. The Hall–Kier alpha value is -2.59. The molecule has 3 aromatic rings. The van der Waals surface area contributed by atoms with Crippen LogP contribution in [0, 0.1) is 0 Å². The molecule has 2 N–H and O–H groups in total. The number of aromatic nitrogens is 1. The lowest BCUT2D eigenvalue weighted by atomic mass is 10.1. The molecule has 0 radical (unpaired) electrons. The molecule has 3 rings (SSSR count). The van der Waals surface area contributed by atoms with Gasteiger partial charge in [-0.1, -0.05) is 41.9 Å². The van der Waals surface area contributed by atoms with Crippen molar-refractivity contribution in [2.45, 2.75) is 6.42 Å². The molecular formula is C17H14ClN3O. The Morgan fingerprint density at radius 3 is 2.95 bits per heavy atom. The maximum atomic E-state index is 11.9. The monoisotopic (exact) mass is 311 g/mol. The second-order valence-electron chi connectivity index (χ2n) is 4.88. The van der Waals surface area contributed by atoms with Crippen molar-refractivity contribution in [1.82, 2.24) is 10.4 Å². The summed E-state index contributed by atoms with van der Waals surface area (Å²) in [6, 6.07) is 15.1.